The highest BCUT2D eigenvalue weighted by molar-refractivity contribution is 5.66. The van der Waals surface area contributed by atoms with Gasteiger partial charge in [0.25, 0.3) is 0 Å². The first-order valence-corrected chi connectivity index (χ1v) is 8.12. The van der Waals surface area contributed by atoms with Gasteiger partial charge < -0.3 is 5.11 Å². The lowest BCUT2D eigenvalue weighted by molar-refractivity contribution is -0.137. The summed E-state index contributed by atoms with van der Waals surface area (Å²) in [5.41, 5.74) is 0. The molecule has 0 atom stereocenters. The molecule has 0 aromatic carbocycles. The van der Waals surface area contributed by atoms with Crippen molar-refractivity contribution in [1.82, 2.24) is 0 Å². The van der Waals surface area contributed by atoms with E-state index in [9.17, 15) is 4.79 Å². The predicted molar refractivity (Wildman–Crippen MR) is 85.6 cm³/mol. The fourth-order valence-corrected chi connectivity index (χ4v) is 1.98. The van der Waals surface area contributed by atoms with Crippen molar-refractivity contribution in [2.45, 2.75) is 84.0 Å². The van der Waals surface area contributed by atoms with E-state index in [1.165, 1.54) is 25.7 Å². The highest BCUT2D eigenvalue weighted by Crippen LogP contribution is 2.06. The molecule has 0 aliphatic heterocycles. The molecule has 0 aliphatic carbocycles. The Balaban J connectivity index is 3.24. The minimum absolute atomic E-state index is 0.308. The molecule has 0 aromatic rings. The van der Waals surface area contributed by atoms with Gasteiger partial charge >= 0.3 is 5.97 Å². The van der Waals surface area contributed by atoms with Gasteiger partial charge in [-0.2, -0.15) is 0 Å². The molecule has 0 unspecified atom stereocenters. The summed E-state index contributed by atoms with van der Waals surface area (Å²) in [4.78, 5) is 10.3. The molecule has 0 saturated carbocycles. The number of rotatable bonds is 12. The van der Waals surface area contributed by atoms with E-state index in [0.717, 1.165) is 44.9 Å². The molecule has 0 aromatic heterocycles. The molecule has 20 heavy (non-hydrogen) atoms. The highest BCUT2D eigenvalue weighted by atomic mass is 16.4. The first-order chi connectivity index (χ1) is 9.77. The maximum Gasteiger partial charge on any atom is 0.303 e. The van der Waals surface area contributed by atoms with E-state index in [1.807, 2.05) is 6.08 Å². The van der Waals surface area contributed by atoms with Crippen LogP contribution in [0.25, 0.3) is 0 Å². The zero-order valence-electron chi connectivity index (χ0n) is 13.0. The average Bonchev–Trinajstić information content (AvgIpc) is 2.43. The van der Waals surface area contributed by atoms with Crippen molar-refractivity contribution in [3.63, 3.8) is 0 Å². The summed E-state index contributed by atoms with van der Waals surface area (Å²) in [7, 11) is 0. The summed E-state index contributed by atoms with van der Waals surface area (Å²) in [6.07, 6.45) is 17.1. The van der Waals surface area contributed by atoms with Crippen LogP contribution in [-0.4, -0.2) is 11.1 Å². The van der Waals surface area contributed by atoms with Crippen molar-refractivity contribution in [2.24, 2.45) is 0 Å². The van der Waals surface area contributed by atoms with Gasteiger partial charge in [-0.25, -0.2) is 0 Å². The SMILES string of the molecule is CCCCCCC=CC#CCCCCCCCC(=O)O. The fourth-order valence-electron chi connectivity index (χ4n) is 1.98. The minimum Gasteiger partial charge on any atom is -0.481 e. The molecule has 0 saturated heterocycles. The second kappa shape index (κ2) is 15.8. The summed E-state index contributed by atoms with van der Waals surface area (Å²) in [5.74, 6) is 5.57. The lowest BCUT2D eigenvalue weighted by atomic mass is 10.1. The summed E-state index contributed by atoms with van der Waals surface area (Å²) >= 11 is 0. The molecule has 0 rings (SSSR count). The van der Waals surface area contributed by atoms with Crippen LogP contribution in [0.2, 0.25) is 0 Å². The fraction of sp³-hybridized carbons (Fsp3) is 0.722. The number of hydrogen-bond acceptors (Lipinski definition) is 1. The number of carboxylic acid groups (broad SMARTS) is 1. The van der Waals surface area contributed by atoms with Gasteiger partial charge in [-0.3, -0.25) is 4.79 Å². The first-order valence-electron chi connectivity index (χ1n) is 8.12. The molecular weight excluding hydrogens is 248 g/mol. The molecule has 0 spiro atoms. The van der Waals surface area contributed by atoms with Gasteiger partial charge in [-0.05, 0) is 31.8 Å². The Morgan fingerprint density at radius 1 is 1.00 bits per heavy atom. The molecule has 0 heterocycles. The molecule has 2 nitrogen and oxygen atoms in total. The summed E-state index contributed by atoms with van der Waals surface area (Å²) in [5, 5.41) is 8.49. The zero-order chi connectivity index (χ0) is 14.9. The maximum absolute atomic E-state index is 10.3. The zero-order valence-corrected chi connectivity index (χ0v) is 13.0. The molecule has 0 fully saturated rings. The first kappa shape index (κ1) is 18.8. The Morgan fingerprint density at radius 3 is 2.45 bits per heavy atom. The molecule has 114 valence electrons. The number of allylic oxidation sites excluding steroid dienone is 2. The highest BCUT2D eigenvalue weighted by Gasteiger charge is 1.95. The van der Waals surface area contributed by atoms with Gasteiger partial charge in [0.15, 0.2) is 0 Å². The Kier molecular flexibility index (Phi) is 14.9. The Labute approximate surface area is 124 Å². The van der Waals surface area contributed by atoms with Gasteiger partial charge in [0.05, 0.1) is 0 Å². The van der Waals surface area contributed by atoms with Crippen LogP contribution in [-0.2, 0) is 4.79 Å². The molecule has 1 N–H and O–H groups in total. The van der Waals surface area contributed by atoms with Gasteiger partial charge in [0, 0.05) is 12.8 Å². The van der Waals surface area contributed by atoms with E-state index in [2.05, 4.69) is 24.8 Å². The van der Waals surface area contributed by atoms with Crippen molar-refractivity contribution in [3.8, 4) is 11.8 Å². The van der Waals surface area contributed by atoms with Crippen molar-refractivity contribution >= 4 is 5.97 Å². The van der Waals surface area contributed by atoms with Crippen molar-refractivity contribution in [3.05, 3.63) is 12.2 Å². The maximum atomic E-state index is 10.3. The van der Waals surface area contributed by atoms with E-state index < -0.39 is 5.97 Å². The van der Waals surface area contributed by atoms with Crippen LogP contribution < -0.4 is 0 Å². The van der Waals surface area contributed by atoms with Gasteiger partial charge in [-0.15, -0.1) is 0 Å². The van der Waals surface area contributed by atoms with Crippen LogP contribution in [0, 0.1) is 11.8 Å². The normalized spacial score (nSPS) is 10.4. The third-order valence-electron chi connectivity index (χ3n) is 3.22. The van der Waals surface area contributed by atoms with Crippen molar-refractivity contribution in [2.75, 3.05) is 0 Å². The van der Waals surface area contributed by atoms with Crippen LogP contribution >= 0.6 is 0 Å². The number of aliphatic carboxylic acids is 1. The Morgan fingerprint density at radius 2 is 1.70 bits per heavy atom. The van der Waals surface area contributed by atoms with E-state index in [0.29, 0.717) is 6.42 Å². The van der Waals surface area contributed by atoms with Crippen LogP contribution in [0.15, 0.2) is 12.2 Å². The second-order valence-electron chi connectivity index (χ2n) is 5.23. The second-order valence-corrected chi connectivity index (χ2v) is 5.23. The van der Waals surface area contributed by atoms with Crippen LogP contribution in [0.3, 0.4) is 0 Å². The summed E-state index contributed by atoms with van der Waals surface area (Å²) in [6.45, 7) is 2.23. The Bertz CT molecular complexity index is 307. The summed E-state index contributed by atoms with van der Waals surface area (Å²) in [6, 6.07) is 0. The largest absolute Gasteiger partial charge is 0.481 e. The lowest BCUT2D eigenvalue weighted by Gasteiger charge is -1.97. The molecule has 0 aliphatic rings. The van der Waals surface area contributed by atoms with E-state index >= 15 is 0 Å². The van der Waals surface area contributed by atoms with E-state index in [-0.39, 0.29) is 0 Å². The van der Waals surface area contributed by atoms with Gasteiger partial charge in [-0.1, -0.05) is 63.4 Å². The molecule has 0 amide bonds. The van der Waals surface area contributed by atoms with Crippen LogP contribution in [0.1, 0.15) is 84.0 Å². The van der Waals surface area contributed by atoms with E-state index in [1.54, 1.807) is 0 Å². The van der Waals surface area contributed by atoms with Crippen LogP contribution in [0.4, 0.5) is 0 Å². The van der Waals surface area contributed by atoms with E-state index in [4.69, 9.17) is 5.11 Å². The smallest absolute Gasteiger partial charge is 0.303 e. The molecular formula is C18H30O2. The van der Waals surface area contributed by atoms with Crippen molar-refractivity contribution < 1.29 is 9.90 Å². The monoisotopic (exact) mass is 278 g/mol. The molecule has 0 radical (unpaired) electrons. The average molecular weight is 278 g/mol. The van der Waals surface area contributed by atoms with Gasteiger partial charge in [0.2, 0.25) is 0 Å². The number of hydrogen-bond donors (Lipinski definition) is 1. The quantitative estimate of drug-likeness (QED) is 0.387. The molecule has 0 bridgehead atoms. The third kappa shape index (κ3) is 16.8. The standard InChI is InChI=1S/C18H30O2/c1-2-3-4-5-6-7-8-9-10-11-12-13-14-15-16-17-18(19)20/h7-8H,2-6,11-17H2,1H3,(H,19,20). The van der Waals surface area contributed by atoms with Crippen LogP contribution in [0.5, 0.6) is 0 Å². The van der Waals surface area contributed by atoms with Gasteiger partial charge in [0.1, 0.15) is 0 Å². The minimum atomic E-state index is -0.683. The Hall–Kier alpha value is -1.23. The summed E-state index contributed by atoms with van der Waals surface area (Å²) < 4.78 is 0. The van der Waals surface area contributed by atoms with Crippen molar-refractivity contribution in [1.29, 1.82) is 0 Å². The molecule has 2 heteroatoms. The number of unbranched alkanes of at least 4 members (excludes halogenated alkanes) is 9. The third-order valence-corrected chi connectivity index (χ3v) is 3.22. The topological polar surface area (TPSA) is 37.3 Å². The number of carbonyl (C=O) groups is 1. The lowest BCUT2D eigenvalue weighted by Crippen LogP contribution is -1.93. The predicted octanol–water partition coefficient (Wildman–Crippen LogP) is 5.33. The number of carboxylic acids is 1.